The lowest BCUT2D eigenvalue weighted by Crippen LogP contribution is -2.49. The lowest BCUT2D eigenvalue weighted by molar-refractivity contribution is -0.135. The number of carbonyl (C=O) groups is 2. The van der Waals surface area contributed by atoms with Crippen molar-refractivity contribution in [2.24, 2.45) is 0 Å². The standard InChI is InChI=1S/C21H32N4O5/c1-14(2)23-21(29)22-13-17-20(28)19(27)16(30-17)12-18(26)25-10-8-24(9-11-25)15-6-4-3-5-7-15/h3-7,14,16-17,19-20,27-28H,8-13H2,1-2H3,(H2,22,23,29). The molecule has 3 amide bonds. The van der Waals surface area contributed by atoms with Crippen molar-refractivity contribution in [2.75, 3.05) is 37.6 Å². The Kier molecular flexibility index (Phi) is 7.52. The average Bonchev–Trinajstić information content (AvgIpc) is 3.00. The van der Waals surface area contributed by atoms with Gasteiger partial charge >= 0.3 is 6.03 Å². The number of ether oxygens (including phenoxy) is 1. The first-order valence-corrected chi connectivity index (χ1v) is 10.5. The van der Waals surface area contributed by atoms with Gasteiger partial charge in [-0.2, -0.15) is 0 Å². The molecule has 4 atom stereocenters. The fraction of sp³-hybridized carbons (Fsp3) is 0.619. The molecule has 0 aliphatic carbocycles. The van der Waals surface area contributed by atoms with E-state index in [1.807, 2.05) is 32.0 Å². The first kappa shape index (κ1) is 22.3. The molecule has 2 aliphatic rings. The number of aliphatic hydroxyl groups is 2. The number of urea groups is 1. The van der Waals surface area contributed by atoms with Gasteiger partial charge in [0.05, 0.1) is 12.5 Å². The molecule has 2 aliphatic heterocycles. The van der Waals surface area contributed by atoms with Crippen LogP contribution in [0.4, 0.5) is 10.5 Å². The minimum atomic E-state index is -1.17. The second-order valence-corrected chi connectivity index (χ2v) is 8.11. The monoisotopic (exact) mass is 420 g/mol. The smallest absolute Gasteiger partial charge is 0.315 e. The Bertz CT molecular complexity index is 709. The van der Waals surface area contributed by atoms with Gasteiger partial charge in [0.1, 0.15) is 18.3 Å². The van der Waals surface area contributed by atoms with Crippen molar-refractivity contribution in [2.45, 2.75) is 50.7 Å². The predicted molar refractivity (Wildman–Crippen MR) is 112 cm³/mol. The van der Waals surface area contributed by atoms with E-state index >= 15 is 0 Å². The second kappa shape index (κ2) is 10.1. The van der Waals surface area contributed by atoms with Gasteiger partial charge in [-0.05, 0) is 26.0 Å². The topological polar surface area (TPSA) is 114 Å². The number of piperazine rings is 1. The van der Waals surface area contributed by atoms with Crippen molar-refractivity contribution < 1.29 is 24.5 Å². The lowest BCUT2D eigenvalue weighted by Gasteiger charge is -2.36. The molecule has 0 spiro atoms. The molecule has 2 heterocycles. The minimum Gasteiger partial charge on any atom is -0.388 e. The molecular weight excluding hydrogens is 388 g/mol. The molecule has 0 bridgehead atoms. The molecule has 0 aromatic heterocycles. The summed E-state index contributed by atoms with van der Waals surface area (Å²) in [7, 11) is 0. The van der Waals surface area contributed by atoms with Crippen LogP contribution in [-0.4, -0.2) is 90.2 Å². The molecule has 2 saturated heterocycles. The molecule has 0 saturated carbocycles. The van der Waals surface area contributed by atoms with Crippen LogP contribution in [0.25, 0.3) is 0 Å². The number of nitrogens with one attached hydrogen (secondary N) is 2. The third-order valence-corrected chi connectivity index (χ3v) is 5.47. The number of hydrogen-bond donors (Lipinski definition) is 4. The Labute approximate surface area is 177 Å². The Morgan fingerprint density at radius 1 is 1.07 bits per heavy atom. The number of amides is 3. The van der Waals surface area contributed by atoms with Crippen molar-refractivity contribution in [3.8, 4) is 0 Å². The molecule has 4 unspecified atom stereocenters. The van der Waals surface area contributed by atoms with E-state index in [0.29, 0.717) is 13.1 Å². The van der Waals surface area contributed by atoms with Crippen LogP contribution in [0.2, 0.25) is 0 Å². The zero-order valence-corrected chi connectivity index (χ0v) is 17.5. The third-order valence-electron chi connectivity index (χ3n) is 5.47. The number of hydrogen-bond acceptors (Lipinski definition) is 6. The van der Waals surface area contributed by atoms with Crippen LogP contribution in [0.1, 0.15) is 20.3 Å². The molecule has 9 nitrogen and oxygen atoms in total. The summed E-state index contributed by atoms with van der Waals surface area (Å²) in [5, 5.41) is 25.8. The van der Waals surface area contributed by atoms with E-state index in [4.69, 9.17) is 4.74 Å². The predicted octanol–water partition coefficient (Wildman–Crippen LogP) is -0.0779. The maximum absolute atomic E-state index is 12.7. The van der Waals surface area contributed by atoms with Gasteiger partial charge in [0.2, 0.25) is 5.91 Å². The highest BCUT2D eigenvalue weighted by atomic mass is 16.5. The van der Waals surface area contributed by atoms with E-state index in [1.54, 1.807) is 4.90 Å². The highest BCUT2D eigenvalue weighted by Crippen LogP contribution is 2.24. The summed E-state index contributed by atoms with van der Waals surface area (Å²) in [5.41, 5.74) is 1.14. The number of anilines is 1. The molecule has 0 radical (unpaired) electrons. The van der Waals surface area contributed by atoms with Crippen LogP contribution in [0, 0.1) is 0 Å². The SMILES string of the molecule is CC(C)NC(=O)NCC1OC(CC(=O)N2CCN(c3ccccc3)CC2)C(O)C1O. The van der Waals surface area contributed by atoms with E-state index in [9.17, 15) is 19.8 Å². The number of rotatable bonds is 6. The van der Waals surface area contributed by atoms with Crippen molar-refractivity contribution in [1.29, 1.82) is 0 Å². The van der Waals surface area contributed by atoms with E-state index in [2.05, 4.69) is 27.7 Å². The summed E-state index contributed by atoms with van der Waals surface area (Å²) < 4.78 is 5.69. The molecule has 4 N–H and O–H groups in total. The van der Waals surface area contributed by atoms with Crippen molar-refractivity contribution in [3.63, 3.8) is 0 Å². The maximum Gasteiger partial charge on any atom is 0.315 e. The molecule has 1 aromatic rings. The normalized spacial score (nSPS) is 26.7. The van der Waals surface area contributed by atoms with Crippen LogP contribution in [0.15, 0.2) is 30.3 Å². The van der Waals surface area contributed by atoms with Gasteiger partial charge in [0.25, 0.3) is 0 Å². The number of para-hydroxylation sites is 1. The number of aliphatic hydroxyl groups excluding tert-OH is 2. The van der Waals surface area contributed by atoms with Crippen molar-refractivity contribution in [3.05, 3.63) is 30.3 Å². The molecule has 3 rings (SSSR count). The van der Waals surface area contributed by atoms with Gasteiger partial charge in [-0.25, -0.2) is 4.79 Å². The summed E-state index contributed by atoms with van der Waals surface area (Å²) in [5.74, 6) is -0.106. The quantitative estimate of drug-likeness (QED) is 0.512. The van der Waals surface area contributed by atoms with Crippen LogP contribution in [0.3, 0.4) is 0 Å². The summed E-state index contributed by atoms with van der Waals surface area (Å²) >= 11 is 0. The zero-order valence-electron chi connectivity index (χ0n) is 17.5. The summed E-state index contributed by atoms with van der Waals surface area (Å²) in [6.07, 6.45) is -3.88. The fourth-order valence-electron chi connectivity index (χ4n) is 3.82. The highest BCUT2D eigenvalue weighted by molar-refractivity contribution is 5.77. The van der Waals surface area contributed by atoms with E-state index in [1.165, 1.54) is 0 Å². The van der Waals surface area contributed by atoms with E-state index < -0.39 is 24.4 Å². The van der Waals surface area contributed by atoms with Gasteiger partial charge < -0.3 is 35.4 Å². The van der Waals surface area contributed by atoms with E-state index in [0.717, 1.165) is 18.8 Å². The van der Waals surface area contributed by atoms with Crippen LogP contribution in [0.5, 0.6) is 0 Å². The largest absolute Gasteiger partial charge is 0.388 e. The third kappa shape index (κ3) is 5.62. The van der Waals surface area contributed by atoms with Crippen molar-refractivity contribution >= 4 is 17.6 Å². The Morgan fingerprint density at radius 2 is 1.70 bits per heavy atom. The van der Waals surface area contributed by atoms with Gasteiger partial charge in [-0.3, -0.25) is 4.79 Å². The fourth-order valence-corrected chi connectivity index (χ4v) is 3.82. The van der Waals surface area contributed by atoms with Gasteiger partial charge in [-0.1, -0.05) is 18.2 Å². The van der Waals surface area contributed by atoms with Crippen LogP contribution in [-0.2, 0) is 9.53 Å². The number of benzene rings is 1. The van der Waals surface area contributed by atoms with E-state index in [-0.39, 0.29) is 30.9 Å². The number of nitrogens with zero attached hydrogens (tertiary/aromatic N) is 2. The second-order valence-electron chi connectivity index (χ2n) is 8.11. The molecule has 166 valence electrons. The Morgan fingerprint density at radius 3 is 2.33 bits per heavy atom. The first-order valence-electron chi connectivity index (χ1n) is 10.5. The first-order chi connectivity index (χ1) is 14.3. The summed E-state index contributed by atoms with van der Waals surface area (Å²) in [6, 6.07) is 9.69. The molecule has 1 aromatic carbocycles. The average molecular weight is 421 g/mol. The molecule has 30 heavy (non-hydrogen) atoms. The molecule has 9 heteroatoms. The molecular formula is C21H32N4O5. The highest BCUT2D eigenvalue weighted by Gasteiger charge is 2.44. The number of carbonyl (C=O) groups excluding carboxylic acids is 2. The summed E-state index contributed by atoms with van der Waals surface area (Å²) in [6.45, 7) is 6.40. The van der Waals surface area contributed by atoms with Crippen LogP contribution >= 0.6 is 0 Å². The minimum absolute atomic E-state index is 0.00173. The maximum atomic E-state index is 12.7. The zero-order chi connectivity index (χ0) is 21.7. The van der Waals surface area contributed by atoms with Gasteiger partial charge in [0, 0.05) is 44.5 Å². The molecule has 2 fully saturated rings. The Balaban J connectivity index is 1.45. The lowest BCUT2D eigenvalue weighted by atomic mass is 10.0. The van der Waals surface area contributed by atoms with Gasteiger partial charge in [0.15, 0.2) is 0 Å². The van der Waals surface area contributed by atoms with Crippen molar-refractivity contribution in [1.82, 2.24) is 15.5 Å². The Hall–Kier alpha value is -2.36. The van der Waals surface area contributed by atoms with Crippen LogP contribution < -0.4 is 15.5 Å². The summed E-state index contributed by atoms with van der Waals surface area (Å²) in [4.78, 5) is 28.4. The van der Waals surface area contributed by atoms with Gasteiger partial charge in [-0.15, -0.1) is 0 Å².